The van der Waals surface area contributed by atoms with E-state index in [0.29, 0.717) is 23.2 Å². The molecule has 0 saturated heterocycles. The quantitative estimate of drug-likeness (QED) is 0.518. The molecule has 0 bridgehead atoms. The van der Waals surface area contributed by atoms with Crippen molar-refractivity contribution in [3.8, 4) is 0 Å². The summed E-state index contributed by atoms with van der Waals surface area (Å²) < 4.78 is 40.5. The normalized spacial score (nSPS) is 12.6. The lowest BCUT2D eigenvalue weighted by atomic mass is 9.95. The third kappa shape index (κ3) is 4.42. The molecule has 0 spiro atoms. The molecule has 28 heavy (non-hydrogen) atoms. The number of H-pyrrole nitrogens is 1. The van der Waals surface area contributed by atoms with Crippen molar-refractivity contribution < 1.29 is 18.0 Å². The number of ketones is 1. The highest BCUT2D eigenvalue weighted by molar-refractivity contribution is 5.96. The molecule has 1 atom stereocenters. The van der Waals surface area contributed by atoms with Gasteiger partial charge < -0.3 is 5.32 Å². The lowest BCUT2D eigenvalue weighted by molar-refractivity contribution is -0.138. The van der Waals surface area contributed by atoms with Crippen molar-refractivity contribution in [3.05, 3.63) is 83.2 Å². The monoisotopic (exact) mass is 387 g/mol. The Hall–Kier alpha value is -3.09. The molecule has 1 aromatic heterocycles. The molecule has 0 aliphatic heterocycles. The number of hydrogen-bond acceptors (Lipinski definition) is 3. The molecule has 2 N–H and O–H groups in total. The lowest BCUT2D eigenvalue weighted by Crippen LogP contribution is -2.18. The average Bonchev–Trinajstić information content (AvgIpc) is 3.20. The summed E-state index contributed by atoms with van der Waals surface area (Å²) in [5.74, 6) is 0.0443. The molecule has 0 fully saturated rings. The SMILES string of the molecule is CCCC(=O)c1ccc(NC(c2cn[nH]c2)c2ccccc2C(F)(F)F)cc1. The van der Waals surface area contributed by atoms with E-state index in [9.17, 15) is 18.0 Å². The number of nitrogens with one attached hydrogen (secondary N) is 2. The highest BCUT2D eigenvalue weighted by Crippen LogP contribution is 2.37. The van der Waals surface area contributed by atoms with E-state index in [1.165, 1.54) is 18.3 Å². The van der Waals surface area contributed by atoms with Crippen molar-refractivity contribution in [2.75, 3.05) is 5.32 Å². The molecule has 0 saturated carbocycles. The number of carbonyl (C=O) groups excluding carboxylic acids is 1. The first-order chi connectivity index (χ1) is 13.4. The number of halogens is 3. The van der Waals surface area contributed by atoms with Crippen molar-refractivity contribution in [1.82, 2.24) is 10.2 Å². The Morgan fingerprint density at radius 2 is 1.86 bits per heavy atom. The molecule has 0 aliphatic rings. The van der Waals surface area contributed by atoms with E-state index < -0.39 is 17.8 Å². The maximum atomic E-state index is 13.5. The van der Waals surface area contributed by atoms with Crippen LogP contribution >= 0.6 is 0 Å². The minimum absolute atomic E-state index is 0.0443. The number of aromatic nitrogens is 2. The van der Waals surface area contributed by atoms with Crippen LogP contribution in [0.2, 0.25) is 0 Å². The highest BCUT2D eigenvalue weighted by Gasteiger charge is 2.35. The molecule has 146 valence electrons. The van der Waals surface area contributed by atoms with Crippen molar-refractivity contribution >= 4 is 11.5 Å². The zero-order chi connectivity index (χ0) is 20.1. The molecule has 3 rings (SSSR count). The van der Waals surface area contributed by atoms with Gasteiger partial charge in [-0.2, -0.15) is 18.3 Å². The molecule has 3 aromatic rings. The van der Waals surface area contributed by atoms with Crippen LogP contribution in [0.4, 0.5) is 18.9 Å². The first-order valence-electron chi connectivity index (χ1n) is 8.94. The van der Waals surface area contributed by atoms with Gasteiger partial charge in [0.25, 0.3) is 0 Å². The van der Waals surface area contributed by atoms with Crippen LogP contribution in [0, 0.1) is 0 Å². The van der Waals surface area contributed by atoms with Crippen LogP contribution in [0.1, 0.15) is 52.9 Å². The van der Waals surface area contributed by atoms with E-state index in [2.05, 4.69) is 15.5 Å². The molecular weight excluding hydrogens is 367 g/mol. The summed E-state index contributed by atoms with van der Waals surface area (Å²) in [6, 6.07) is 11.5. The minimum atomic E-state index is -4.48. The summed E-state index contributed by atoms with van der Waals surface area (Å²) in [5.41, 5.74) is 1.16. The topological polar surface area (TPSA) is 57.8 Å². The summed E-state index contributed by atoms with van der Waals surface area (Å²) in [6.07, 6.45) is -0.205. The third-order valence-corrected chi connectivity index (χ3v) is 4.42. The zero-order valence-electron chi connectivity index (χ0n) is 15.3. The second-order valence-corrected chi connectivity index (χ2v) is 6.44. The fraction of sp³-hybridized carbons (Fsp3) is 0.238. The van der Waals surface area contributed by atoms with Crippen LogP contribution in [0.25, 0.3) is 0 Å². The van der Waals surface area contributed by atoms with Crippen LogP contribution in [-0.4, -0.2) is 16.0 Å². The van der Waals surface area contributed by atoms with Crippen molar-refractivity contribution in [2.24, 2.45) is 0 Å². The standard InChI is InChI=1S/C21H20F3N3O/c1-2-5-19(28)14-8-10-16(11-9-14)27-20(15-12-25-26-13-15)17-6-3-4-7-18(17)21(22,23)24/h3-4,6-13,20,27H,2,5H2,1H3,(H,25,26). The van der Waals surface area contributed by atoms with Gasteiger partial charge in [0, 0.05) is 29.4 Å². The van der Waals surface area contributed by atoms with Crippen LogP contribution in [0.15, 0.2) is 60.9 Å². The Bertz CT molecular complexity index is 919. The molecule has 0 radical (unpaired) electrons. The highest BCUT2D eigenvalue weighted by atomic mass is 19.4. The summed E-state index contributed by atoms with van der Waals surface area (Å²) in [4.78, 5) is 12.0. The predicted molar refractivity (Wildman–Crippen MR) is 101 cm³/mol. The molecule has 4 nitrogen and oxygen atoms in total. The van der Waals surface area contributed by atoms with Crippen LogP contribution < -0.4 is 5.32 Å². The smallest absolute Gasteiger partial charge is 0.374 e. The van der Waals surface area contributed by atoms with Gasteiger partial charge in [0.1, 0.15) is 0 Å². The van der Waals surface area contributed by atoms with Gasteiger partial charge in [-0.05, 0) is 42.3 Å². The Morgan fingerprint density at radius 3 is 2.46 bits per heavy atom. The van der Waals surface area contributed by atoms with Gasteiger partial charge in [-0.1, -0.05) is 25.1 Å². The maximum absolute atomic E-state index is 13.5. The Morgan fingerprint density at radius 1 is 1.14 bits per heavy atom. The van der Waals surface area contributed by atoms with Crippen LogP contribution in [0.5, 0.6) is 0 Å². The molecule has 1 heterocycles. The van der Waals surface area contributed by atoms with E-state index in [1.54, 1.807) is 36.5 Å². The summed E-state index contributed by atoms with van der Waals surface area (Å²) in [7, 11) is 0. The van der Waals surface area contributed by atoms with Gasteiger partial charge in [-0.25, -0.2) is 0 Å². The first-order valence-corrected chi connectivity index (χ1v) is 8.94. The van der Waals surface area contributed by atoms with Gasteiger partial charge in [0.15, 0.2) is 5.78 Å². The number of anilines is 1. The Labute approximate surface area is 160 Å². The van der Waals surface area contributed by atoms with Crippen LogP contribution in [0.3, 0.4) is 0 Å². The number of rotatable bonds is 7. The molecular formula is C21H20F3N3O. The second-order valence-electron chi connectivity index (χ2n) is 6.44. The van der Waals surface area contributed by atoms with E-state index in [1.807, 2.05) is 6.92 Å². The first kappa shape index (κ1) is 19.7. The molecule has 7 heteroatoms. The van der Waals surface area contributed by atoms with E-state index >= 15 is 0 Å². The number of hydrogen-bond donors (Lipinski definition) is 2. The summed E-state index contributed by atoms with van der Waals surface area (Å²) in [6.45, 7) is 1.93. The summed E-state index contributed by atoms with van der Waals surface area (Å²) >= 11 is 0. The maximum Gasteiger partial charge on any atom is 0.416 e. The fourth-order valence-electron chi connectivity index (χ4n) is 3.06. The third-order valence-electron chi connectivity index (χ3n) is 4.42. The number of Topliss-reactive ketones (excluding diaryl/α,β-unsaturated/α-hetero) is 1. The van der Waals surface area contributed by atoms with Crippen LogP contribution in [-0.2, 0) is 6.18 Å². The number of carbonyl (C=O) groups is 1. The summed E-state index contributed by atoms with van der Waals surface area (Å²) in [5, 5.41) is 9.65. The van der Waals surface area contributed by atoms with Gasteiger partial charge in [0.2, 0.25) is 0 Å². The molecule has 2 aromatic carbocycles. The average molecular weight is 387 g/mol. The zero-order valence-corrected chi connectivity index (χ0v) is 15.3. The van der Waals surface area contributed by atoms with E-state index in [4.69, 9.17) is 0 Å². The van der Waals surface area contributed by atoms with Gasteiger partial charge >= 0.3 is 6.18 Å². The predicted octanol–water partition coefficient (Wildman–Crippen LogP) is 5.61. The van der Waals surface area contributed by atoms with Crippen molar-refractivity contribution in [2.45, 2.75) is 32.0 Å². The lowest BCUT2D eigenvalue weighted by Gasteiger charge is -2.23. The van der Waals surface area contributed by atoms with Gasteiger partial charge in [0.05, 0.1) is 17.8 Å². The molecule has 1 unspecified atom stereocenters. The number of nitrogens with zero attached hydrogens (tertiary/aromatic N) is 1. The Balaban J connectivity index is 1.95. The number of aromatic amines is 1. The molecule has 0 amide bonds. The largest absolute Gasteiger partial charge is 0.416 e. The number of benzene rings is 2. The second kappa shape index (κ2) is 8.29. The van der Waals surface area contributed by atoms with Crippen molar-refractivity contribution in [3.63, 3.8) is 0 Å². The van der Waals surface area contributed by atoms with Gasteiger partial charge in [-0.15, -0.1) is 0 Å². The molecule has 0 aliphatic carbocycles. The van der Waals surface area contributed by atoms with E-state index in [0.717, 1.165) is 12.5 Å². The minimum Gasteiger partial charge on any atom is -0.374 e. The van der Waals surface area contributed by atoms with Gasteiger partial charge in [-0.3, -0.25) is 9.89 Å². The number of alkyl halides is 3. The van der Waals surface area contributed by atoms with Crippen molar-refractivity contribution in [1.29, 1.82) is 0 Å². The Kier molecular flexibility index (Phi) is 5.82. The van der Waals surface area contributed by atoms with E-state index in [-0.39, 0.29) is 11.3 Å². The fourth-order valence-corrected chi connectivity index (χ4v) is 3.06.